The number of benzene rings is 3. The van der Waals surface area contributed by atoms with Gasteiger partial charge in [-0.15, -0.1) is 0 Å². The van der Waals surface area contributed by atoms with Gasteiger partial charge < -0.3 is 14.2 Å². The first-order chi connectivity index (χ1) is 12.7. The van der Waals surface area contributed by atoms with Crippen molar-refractivity contribution in [2.45, 2.75) is 5.60 Å². The number of hydrogen-bond acceptors (Lipinski definition) is 4. The summed E-state index contributed by atoms with van der Waals surface area (Å²) in [6, 6.07) is 25.6. The molecule has 0 atom stereocenters. The Morgan fingerprint density at radius 1 is 0.731 bits per heavy atom. The molecule has 0 aliphatic rings. The van der Waals surface area contributed by atoms with E-state index in [0.717, 1.165) is 0 Å². The van der Waals surface area contributed by atoms with Gasteiger partial charge in [0.05, 0.1) is 7.11 Å². The van der Waals surface area contributed by atoms with Crippen molar-refractivity contribution in [2.75, 3.05) is 14.2 Å². The van der Waals surface area contributed by atoms with Crippen LogP contribution in [-0.4, -0.2) is 20.2 Å². The maximum atomic E-state index is 13.3. The molecule has 0 aliphatic carbocycles. The normalized spacial score (nSPS) is 11.0. The van der Waals surface area contributed by atoms with Crippen molar-refractivity contribution >= 4 is 5.97 Å². The van der Waals surface area contributed by atoms with Crippen LogP contribution in [0.4, 0.5) is 0 Å². The monoisotopic (exact) mass is 348 g/mol. The molecule has 0 aromatic heterocycles. The van der Waals surface area contributed by atoms with Crippen LogP contribution in [0.15, 0.2) is 84.9 Å². The molecule has 0 N–H and O–H groups in total. The summed E-state index contributed by atoms with van der Waals surface area (Å²) in [6.07, 6.45) is 0. The quantitative estimate of drug-likeness (QED) is 0.495. The van der Waals surface area contributed by atoms with Crippen LogP contribution in [0.25, 0.3) is 0 Å². The summed E-state index contributed by atoms with van der Waals surface area (Å²) in [7, 11) is 3.07. The highest BCUT2D eigenvalue weighted by atomic mass is 16.6. The minimum Gasteiger partial charge on any atom is -0.497 e. The van der Waals surface area contributed by atoms with E-state index in [1.54, 1.807) is 31.4 Å². The van der Waals surface area contributed by atoms with Crippen molar-refractivity contribution in [1.29, 1.82) is 0 Å². The Kier molecular flexibility index (Phi) is 5.34. The number of rotatable bonds is 6. The van der Waals surface area contributed by atoms with Gasteiger partial charge in [-0.3, -0.25) is 0 Å². The van der Waals surface area contributed by atoms with Gasteiger partial charge in [0.25, 0.3) is 0 Å². The molecule has 3 aromatic rings. The van der Waals surface area contributed by atoms with E-state index in [-0.39, 0.29) is 0 Å². The topological polar surface area (TPSA) is 44.8 Å². The second-order valence-corrected chi connectivity index (χ2v) is 5.69. The third kappa shape index (κ3) is 3.32. The van der Waals surface area contributed by atoms with Gasteiger partial charge in [-0.2, -0.15) is 0 Å². The SMILES string of the molecule is COc1cccc(OC(=O)C(OC)(c2ccccc2)c2ccccc2)c1. The van der Waals surface area contributed by atoms with Gasteiger partial charge in [0.1, 0.15) is 11.5 Å². The lowest BCUT2D eigenvalue weighted by Crippen LogP contribution is -2.42. The maximum Gasteiger partial charge on any atom is 0.353 e. The second kappa shape index (κ2) is 7.85. The molecule has 0 radical (unpaired) electrons. The first kappa shape index (κ1) is 17.7. The molecule has 0 heterocycles. The minimum atomic E-state index is -1.37. The highest BCUT2D eigenvalue weighted by molar-refractivity contribution is 5.87. The van der Waals surface area contributed by atoms with Gasteiger partial charge in [-0.25, -0.2) is 4.79 Å². The Morgan fingerprint density at radius 2 is 1.27 bits per heavy atom. The molecule has 0 spiro atoms. The third-order valence-corrected chi connectivity index (χ3v) is 4.21. The van der Waals surface area contributed by atoms with E-state index in [1.165, 1.54) is 7.11 Å². The van der Waals surface area contributed by atoms with Gasteiger partial charge in [0.2, 0.25) is 5.60 Å². The summed E-state index contributed by atoms with van der Waals surface area (Å²) in [6.45, 7) is 0. The number of ether oxygens (including phenoxy) is 3. The lowest BCUT2D eigenvalue weighted by molar-refractivity contribution is -0.155. The van der Waals surface area contributed by atoms with Crippen LogP contribution < -0.4 is 9.47 Å². The van der Waals surface area contributed by atoms with E-state index < -0.39 is 11.6 Å². The average Bonchev–Trinajstić information content (AvgIpc) is 2.71. The van der Waals surface area contributed by atoms with Crippen LogP contribution in [0.5, 0.6) is 11.5 Å². The molecule has 0 unspecified atom stereocenters. The molecule has 4 heteroatoms. The molecule has 26 heavy (non-hydrogen) atoms. The van der Waals surface area contributed by atoms with E-state index in [1.807, 2.05) is 60.7 Å². The van der Waals surface area contributed by atoms with Crippen molar-refractivity contribution in [3.8, 4) is 11.5 Å². The number of hydrogen-bond donors (Lipinski definition) is 0. The fourth-order valence-corrected chi connectivity index (χ4v) is 2.91. The van der Waals surface area contributed by atoms with Crippen LogP contribution in [0.2, 0.25) is 0 Å². The van der Waals surface area contributed by atoms with Gasteiger partial charge in [-0.1, -0.05) is 66.7 Å². The average molecular weight is 348 g/mol. The fourth-order valence-electron chi connectivity index (χ4n) is 2.91. The van der Waals surface area contributed by atoms with Gasteiger partial charge in [0.15, 0.2) is 0 Å². The first-order valence-corrected chi connectivity index (χ1v) is 8.23. The van der Waals surface area contributed by atoms with Crippen LogP contribution in [0, 0.1) is 0 Å². The van der Waals surface area contributed by atoms with Crippen molar-refractivity contribution < 1.29 is 19.0 Å². The number of carbonyl (C=O) groups is 1. The number of carbonyl (C=O) groups excluding carboxylic acids is 1. The Hall–Kier alpha value is -3.11. The van der Waals surface area contributed by atoms with Crippen LogP contribution in [-0.2, 0) is 15.1 Å². The summed E-state index contributed by atoms with van der Waals surface area (Å²) in [4.78, 5) is 13.3. The molecular weight excluding hydrogens is 328 g/mol. The fraction of sp³-hybridized carbons (Fsp3) is 0.136. The predicted octanol–water partition coefficient (Wildman–Crippen LogP) is 4.19. The van der Waals surface area contributed by atoms with Gasteiger partial charge in [0, 0.05) is 13.2 Å². The Labute approximate surface area is 153 Å². The molecule has 0 amide bonds. The molecule has 4 nitrogen and oxygen atoms in total. The molecule has 3 aromatic carbocycles. The first-order valence-electron chi connectivity index (χ1n) is 8.23. The van der Waals surface area contributed by atoms with Crippen LogP contribution in [0.3, 0.4) is 0 Å². The number of esters is 1. The molecule has 0 fully saturated rings. The molecule has 0 bridgehead atoms. The van der Waals surface area contributed by atoms with Gasteiger partial charge in [-0.05, 0) is 23.3 Å². The Bertz CT molecular complexity index is 820. The van der Waals surface area contributed by atoms with Crippen molar-refractivity contribution in [2.24, 2.45) is 0 Å². The Morgan fingerprint density at radius 3 is 1.77 bits per heavy atom. The molecule has 0 aliphatic heterocycles. The van der Waals surface area contributed by atoms with Crippen molar-refractivity contribution in [3.05, 3.63) is 96.1 Å². The van der Waals surface area contributed by atoms with Crippen LogP contribution in [0.1, 0.15) is 11.1 Å². The summed E-state index contributed by atoms with van der Waals surface area (Å²) in [5.41, 5.74) is 0.0224. The standard InChI is InChI=1S/C22H20O4/c1-24-19-14-9-15-20(16-19)26-21(23)22(25-2,17-10-5-3-6-11-17)18-12-7-4-8-13-18/h3-16H,1-2H3. The molecule has 0 saturated heterocycles. The van der Waals surface area contributed by atoms with E-state index in [9.17, 15) is 4.79 Å². The largest absolute Gasteiger partial charge is 0.497 e. The zero-order valence-corrected chi connectivity index (χ0v) is 14.7. The Balaban J connectivity index is 2.07. The summed E-state index contributed by atoms with van der Waals surface area (Å²) < 4.78 is 16.7. The molecule has 3 rings (SSSR count). The van der Waals surface area contributed by atoms with E-state index in [4.69, 9.17) is 14.2 Å². The zero-order valence-electron chi connectivity index (χ0n) is 14.7. The molecule has 132 valence electrons. The lowest BCUT2D eigenvalue weighted by Gasteiger charge is -2.31. The van der Waals surface area contributed by atoms with Gasteiger partial charge >= 0.3 is 5.97 Å². The highest BCUT2D eigenvalue weighted by Gasteiger charge is 2.44. The smallest absolute Gasteiger partial charge is 0.353 e. The van der Waals surface area contributed by atoms with Crippen molar-refractivity contribution in [1.82, 2.24) is 0 Å². The maximum absolute atomic E-state index is 13.3. The highest BCUT2D eigenvalue weighted by Crippen LogP contribution is 2.35. The predicted molar refractivity (Wildman–Crippen MR) is 99.3 cm³/mol. The summed E-state index contributed by atoms with van der Waals surface area (Å²) >= 11 is 0. The van der Waals surface area contributed by atoms with Crippen molar-refractivity contribution in [3.63, 3.8) is 0 Å². The van der Waals surface area contributed by atoms with Crippen LogP contribution >= 0.6 is 0 Å². The zero-order chi connectivity index (χ0) is 18.4. The third-order valence-electron chi connectivity index (χ3n) is 4.21. The molecule has 0 saturated carbocycles. The van der Waals surface area contributed by atoms with E-state index >= 15 is 0 Å². The molecular formula is C22H20O4. The van der Waals surface area contributed by atoms with E-state index in [2.05, 4.69) is 0 Å². The lowest BCUT2D eigenvalue weighted by atomic mass is 9.86. The summed E-state index contributed by atoms with van der Waals surface area (Å²) in [5.74, 6) is 0.478. The summed E-state index contributed by atoms with van der Waals surface area (Å²) in [5, 5.41) is 0. The number of methoxy groups -OCH3 is 2. The second-order valence-electron chi connectivity index (χ2n) is 5.69. The van der Waals surface area contributed by atoms with E-state index in [0.29, 0.717) is 22.6 Å². The minimum absolute atomic E-state index is 0.391.